The first kappa shape index (κ1) is 32.2. The first-order valence-electron chi connectivity index (χ1n) is 19.4. The Bertz CT molecular complexity index is 3020. The second-order valence-electron chi connectivity index (χ2n) is 14.8. The SMILES string of the molecule is c1ccc(-c2ccc(N(c3ccc4ccccc4c3)c3cc4c(c5ccccc35)-c3c(ccc5ccccc35)C4(c3ccccc3)c3ccccc3)cc2)cc1. The average molecular weight is 712 g/mol. The maximum Gasteiger partial charge on any atom is 0.0714 e. The predicted molar refractivity (Wildman–Crippen MR) is 236 cm³/mol. The predicted octanol–water partition coefficient (Wildman–Crippen LogP) is 14.6. The zero-order valence-electron chi connectivity index (χ0n) is 30.8. The third-order valence-electron chi connectivity index (χ3n) is 11.9. The molecular weight excluding hydrogens is 675 g/mol. The standard InChI is InChI=1S/C55H37N/c1-4-16-38(17-5-1)40-28-32-45(33-29-40)56(46-34-30-39-18-10-11-20-42(39)36-46)52-37-51-54(49-27-15-14-26-48(49)52)53-47-25-13-12-19-41(47)31-35-50(53)55(51,43-21-6-2-7-22-43)44-23-8-3-9-24-44/h1-37H. The normalized spacial score (nSPS) is 12.8. The van der Waals surface area contributed by atoms with Crippen LogP contribution in [0.2, 0.25) is 0 Å². The van der Waals surface area contributed by atoms with Crippen molar-refractivity contribution in [3.63, 3.8) is 0 Å². The van der Waals surface area contributed by atoms with E-state index in [0.717, 1.165) is 17.1 Å². The Morgan fingerprint density at radius 2 is 0.804 bits per heavy atom. The van der Waals surface area contributed by atoms with Gasteiger partial charge in [0, 0.05) is 16.8 Å². The lowest BCUT2D eigenvalue weighted by Gasteiger charge is -2.35. The minimum absolute atomic E-state index is 0.567. The Labute approximate surface area is 327 Å². The highest BCUT2D eigenvalue weighted by atomic mass is 15.1. The lowest BCUT2D eigenvalue weighted by atomic mass is 9.67. The summed E-state index contributed by atoms with van der Waals surface area (Å²) in [5.74, 6) is 0. The summed E-state index contributed by atoms with van der Waals surface area (Å²) in [7, 11) is 0. The Morgan fingerprint density at radius 1 is 0.304 bits per heavy atom. The molecule has 0 amide bonds. The summed E-state index contributed by atoms with van der Waals surface area (Å²) in [5.41, 5.74) is 13.0. The molecule has 0 bridgehead atoms. The van der Waals surface area contributed by atoms with Gasteiger partial charge in [0.05, 0.1) is 11.1 Å². The molecule has 262 valence electrons. The van der Waals surface area contributed by atoms with Gasteiger partial charge < -0.3 is 4.90 Å². The molecule has 10 aromatic rings. The first-order valence-corrected chi connectivity index (χ1v) is 19.4. The van der Waals surface area contributed by atoms with Crippen molar-refractivity contribution >= 4 is 49.4 Å². The van der Waals surface area contributed by atoms with Crippen molar-refractivity contribution in [1.82, 2.24) is 0 Å². The van der Waals surface area contributed by atoms with E-state index in [-0.39, 0.29) is 0 Å². The summed E-state index contributed by atoms with van der Waals surface area (Å²) in [4.78, 5) is 2.48. The first-order chi connectivity index (χ1) is 27.8. The fourth-order valence-electron chi connectivity index (χ4n) is 9.45. The van der Waals surface area contributed by atoms with Gasteiger partial charge in [-0.25, -0.2) is 0 Å². The van der Waals surface area contributed by atoms with Crippen LogP contribution in [0.5, 0.6) is 0 Å². The van der Waals surface area contributed by atoms with Crippen LogP contribution in [-0.4, -0.2) is 0 Å². The molecule has 0 fully saturated rings. The van der Waals surface area contributed by atoms with E-state index in [0.29, 0.717) is 0 Å². The highest BCUT2D eigenvalue weighted by molar-refractivity contribution is 6.16. The zero-order valence-corrected chi connectivity index (χ0v) is 30.8. The van der Waals surface area contributed by atoms with E-state index in [1.165, 1.54) is 76.8 Å². The summed E-state index contributed by atoms with van der Waals surface area (Å²) in [6.07, 6.45) is 0. The molecule has 0 spiro atoms. The third kappa shape index (κ3) is 4.88. The number of hydrogen-bond acceptors (Lipinski definition) is 1. The summed E-state index contributed by atoms with van der Waals surface area (Å²) < 4.78 is 0. The number of hydrogen-bond donors (Lipinski definition) is 0. The molecule has 0 radical (unpaired) electrons. The molecular formula is C55H37N. The molecule has 1 heteroatoms. The van der Waals surface area contributed by atoms with Crippen LogP contribution < -0.4 is 4.90 Å². The maximum atomic E-state index is 2.52. The van der Waals surface area contributed by atoms with Crippen molar-refractivity contribution in [2.45, 2.75) is 5.41 Å². The van der Waals surface area contributed by atoms with Crippen LogP contribution in [0.3, 0.4) is 0 Å². The lowest BCUT2D eigenvalue weighted by Crippen LogP contribution is -2.28. The van der Waals surface area contributed by atoms with Crippen LogP contribution in [0, 0.1) is 0 Å². The van der Waals surface area contributed by atoms with E-state index in [2.05, 4.69) is 229 Å². The van der Waals surface area contributed by atoms with Crippen molar-refractivity contribution in [1.29, 1.82) is 0 Å². The molecule has 0 aromatic heterocycles. The molecule has 0 saturated carbocycles. The van der Waals surface area contributed by atoms with E-state index < -0.39 is 5.41 Å². The molecule has 0 saturated heterocycles. The second kappa shape index (κ2) is 13.0. The Kier molecular flexibility index (Phi) is 7.47. The molecule has 11 rings (SSSR count). The molecule has 10 aromatic carbocycles. The van der Waals surface area contributed by atoms with Crippen molar-refractivity contribution in [3.05, 3.63) is 247 Å². The highest BCUT2D eigenvalue weighted by Gasteiger charge is 2.48. The fraction of sp³-hybridized carbons (Fsp3) is 0.0182. The van der Waals surface area contributed by atoms with E-state index >= 15 is 0 Å². The third-order valence-corrected chi connectivity index (χ3v) is 11.9. The Hall–Kier alpha value is -7.22. The largest absolute Gasteiger partial charge is 0.310 e. The van der Waals surface area contributed by atoms with E-state index in [4.69, 9.17) is 0 Å². The summed E-state index contributed by atoms with van der Waals surface area (Å²) in [6, 6.07) is 82.7. The molecule has 1 aliphatic carbocycles. The monoisotopic (exact) mass is 711 g/mol. The minimum Gasteiger partial charge on any atom is -0.310 e. The summed E-state index contributed by atoms with van der Waals surface area (Å²) in [6.45, 7) is 0. The van der Waals surface area contributed by atoms with Crippen molar-refractivity contribution in [3.8, 4) is 22.3 Å². The van der Waals surface area contributed by atoms with Gasteiger partial charge in [-0.3, -0.25) is 0 Å². The Morgan fingerprint density at radius 3 is 1.50 bits per heavy atom. The van der Waals surface area contributed by atoms with Gasteiger partial charge >= 0.3 is 0 Å². The summed E-state index contributed by atoms with van der Waals surface area (Å²) in [5, 5.41) is 7.42. The summed E-state index contributed by atoms with van der Waals surface area (Å²) >= 11 is 0. The van der Waals surface area contributed by atoms with Crippen LogP contribution in [0.1, 0.15) is 22.3 Å². The van der Waals surface area contributed by atoms with E-state index in [1.807, 2.05) is 0 Å². The lowest BCUT2D eigenvalue weighted by molar-refractivity contribution is 0.769. The van der Waals surface area contributed by atoms with Gasteiger partial charge in [-0.1, -0.05) is 194 Å². The fourth-order valence-corrected chi connectivity index (χ4v) is 9.45. The van der Waals surface area contributed by atoms with Gasteiger partial charge in [-0.2, -0.15) is 0 Å². The van der Waals surface area contributed by atoms with Crippen LogP contribution in [-0.2, 0) is 5.41 Å². The van der Waals surface area contributed by atoms with Crippen LogP contribution in [0.4, 0.5) is 17.1 Å². The number of anilines is 3. The topological polar surface area (TPSA) is 3.24 Å². The quantitative estimate of drug-likeness (QED) is 0.166. The highest BCUT2D eigenvalue weighted by Crippen LogP contribution is 2.61. The van der Waals surface area contributed by atoms with Crippen molar-refractivity contribution < 1.29 is 0 Å². The zero-order chi connectivity index (χ0) is 37.1. The van der Waals surface area contributed by atoms with Crippen LogP contribution in [0.25, 0.3) is 54.6 Å². The second-order valence-corrected chi connectivity index (χ2v) is 14.8. The molecule has 56 heavy (non-hydrogen) atoms. The molecule has 0 aliphatic heterocycles. The smallest absolute Gasteiger partial charge is 0.0714 e. The van der Waals surface area contributed by atoms with Gasteiger partial charge in [0.2, 0.25) is 0 Å². The van der Waals surface area contributed by atoms with Crippen molar-refractivity contribution in [2.24, 2.45) is 0 Å². The van der Waals surface area contributed by atoms with E-state index in [1.54, 1.807) is 0 Å². The van der Waals surface area contributed by atoms with Gasteiger partial charge in [0.1, 0.15) is 0 Å². The molecule has 1 aliphatic rings. The molecule has 0 unspecified atom stereocenters. The van der Waals surface area contributed by atoms with Gasteiger partial charge in [-0.05, 0) is 102 Å². The molecule has 0 heterocycles. The van der Waals surface area contributed by atoms with Gasteiger partial charge in [0.25, 0.3) is 0 Å². The number of benzene rings is 10. The number of rotatable bonds is 6. The van der Waals surface area contributed by atoms with Crippen molar-refractivity contribution in [2.75, 3.05) is 4.90 Å². The van der Waals surface area contributed by atoms with Gasteiger partial charge in [-0.15, -0.1) is 0 Å². The van der Waals surface area contributed by atoms with Gasteiger partial charge in [0.15, 0.2) is 0 Å². The molecule has 1 nitrogen and oxygen atoms in total. The minimum atomic E-state index is -0.567. The molecule has 0 N–H and O–H groups in total. The molecule has 0 atom stereocenters. The Balaban J connectivity index is 1.27. The van der Waals surface area contributed by atoms with E-state index in [9.17, 15) is 0 Å². The number of nitrogens with zero attached hydrogens (tertiary/aromatic N) is 1. The maximum absolute atomic E-state index is 2.52. The van der Waals surface area contributed by atoms with Crippen LogP contribution >= 0.6 is 0 Å². The van der Waals surface area contributed by atoms with Crippen LogP contribution in [0.15, 0.2) is 224 Å². The average Bonchev–Trinajstić information content (AvgIpc) is 3.59. The number of fused-ring (bicyclic) bond motifs is 8.